The lowest BCUT2D eigenvalue weighted by Crippen LogP contribution is -2.32. The average Bonchev–Trinajstić information content (AvgIpc) is 2.91. The highest BCUT2D eigenvalue weighted by Gasteiger charge is 2.22. The number of nitrogens with zero attached hydrogens (tertiary/aromatic N) is 1. The van der Waals surface area contributed by atoms with Crippen molar-refractivity contribution in [3.05, 3.63) is 53.6 Å². The Kier molecular flexibility index (Phi) is 5.16. The monoisotopic (exact) mass is 369 g/mol. The molecule has 142 valence electrons. The summed E-state index contributed by atoms with van der Waals surface area (Å²) in [7, 11) is 0. The maximum Gasteiger partial charge on any atom is 0.254 e. The molecule has 0 bridgehead atoms. The molecule has 0 aliphatic carbocycles. The van der Waals surface area contributed by atoms with Gasteiger partial charge in [-0.3, -0.25) is 4.79 Å². The predicted octanol–water partition coefficient (Wildman–Crippen LogP) is 2.98. The van der Waals surface area contributed by atoms with E-state index in [4.69, 9.17) is 14.2 Å². The summed E-state index contributed by atoms with van der Waals surface area (Å²) in [5, 5.41) is 9.60. The molecular weight excluding hydrogens is 346 g/mol. The van der Waals surface area contributed by atoms with Crippen LogP contribution in [0.2, 0.25) is 0 Å². The molecule has 0 radical (unpaired) electrons. The van der Waals surface area contributed by atoms with Crippen LogP contribution in [0.15, 0.2) is 42.5 Å². The van der Waals surface area contributed by atoms with Gasteiger partial charge in [-0.1, -0.05) is 0 Å². The van der Waals surface area contributed by atoms with Crippen molar-refractivity contribution >= 4 is 5.91 Å². The fourth-order valence-electron chi connectivity index (χ4n) is 3.38. The number of phenolic OH excluding ortho intramolecular Hbond substituents is 1. The maximum atomic E-state index is 12.9. The number of amides is 1. The topological polar surface area (TPSA) is 68.2 Å². The average molecular weight is 369 g/mol. The highest BCUT2D eigenvalue weighted by Crippen LogP contribution is 2.28. The highest BCUT2D eigenvalue weighted by molar-refractivity contribution is 5.94. The van der Waals surface area contributed by atoms with E-state index in [1.54, 1.807) is 35.2 Å². The van der Waals surface area contributed by atoms with E-state index < -0.39 is 0 Å². The second kappa shape index (κ2) is 7.88. The molecule has 2 heterocycles. The van der Waals surface area contributed by atoms with Crippen molar-refractivity contribution in [3.63, 3.8) is 0 Å². The Balaban J connectivity index is 1.43. The number of carbonyl (C=O) groups excluding carboxylic acids is 1. The molecule has 2 aromatic carbocycles. The molecule has 4 rings (SSSR count). The van der Waals surface area contributed by atoms with Crippen LogP contribution in [-0.4, -0.2) is 48.4 Å². The third-order valence-electron chi connectivity index (χ3n) is 4.89. The van der Waals surface area contributed by atoms with Gasteiger partial charge < -0.3 is 24.2 Å². The molecule has 27 heavy (non-hydrogen) atoms. The lowest BCUT2D eigenvalue weighted by Gasteiger charge is -2.23. The van der Waals surface area contributed by atoms with Gasteiger partial charge in [0.25, 0.3) is 5.91 Å². The molecule has 1 fully saturated rings. The first kappa shape index (κ1) is 17.7. The first-order chi connectivity index (χ1) is 13.2. The van der Waals surface area contributed by atoms with Gasteiger partial charge in [-0.15, -0.1) is 0 Å². The van der Waals surface area contributed by atoms with Gasteiger partial charge in [-0.2, -0.15) is 0 Å². The van der Waals surface area contributed by atoms with Crippen molar-refractivity contribution in [2.45, 2.75) is 25.5 Å². The second-order valence-electron chi connectivity index (χ2n) is 6.82. The largest absolute Gasteiger partial charge is 0.508 e. The van der Waals surface area contributed by atoms with Crippen molar-refractivity contribution < 1.29 is 24.1 Å². The van der Waals surface area contributed by atoms with Crippen molar-refractivity contribution in [2.75, 3.05) is 26.4 Å². The first-order valence-electron chi connectivity index (χ1n) is 9.27. The molecule has 0 atom stereocenters. The van der Waals surface area contributed by atoms with E-state index in [-0.39, 0.29) is 17.8 Å². The molecule has 6 heteroatoms. The maximum absolute atomic E-state index is 12.9. The zero-order valence-electron chi connectivity index (χ0n) is 15.1. The normalized spacial score (nSPS) is 17.6. The minimum atomic E-state index is -0.0443. The molecule has 1 saturated heterocycles. The number of hydrogen-bond donors (Lipinski definition) is 1. The van der Waals surface area contributed by atoms with Gasteiger partial charge in [-0.25, -0.2) is 0 Å². The quantitative estimate of drug-likeness (QED) is 0.901. The molecule has 6 nitrogen and oxygen atoms in total. The second-order valence-corrected chi connectivity index (χ2v) is 6.82. The van der Waals surface area contributed by atoms with Crippen LogP contribution in [0.25, 0.3) is 0 Å². The molecule has 0 unspecified atom stereocenters. The number of rotatable bonds is 3. The standard InChI is InChI=1S/C21H23NO5/c23-17-4-1-16-14-22(9-12-26-20(16)13-17)21(24)15-2-5-18(6-3-15)27-19-7-10-25-11-8-19/h1-6,13,19,23H,7-12,14H2. The Morgan fingerprint density at radius 1 is 1.07 bits per heavy atom. The summed E-state index contributed by atoms with van der Waals surface area (Å²) >= 11 is 0. The van der Waals surface area contributed by atoms with Crippen LogP contribution in [0.5, 0.6) is 17.2 Å². The smallest absolute Gasteiger partial charge is 0.254 e. The Morgan fingerprint density at radius 3 is 2.63 bits per heavy atom. The number of fused-ring (bicyclic) bond motifs is 1. The van der Waals surface area contributed by atoms with Gasteiger partial charge in [0, 0.05) is 36.6 Å². The number of benzene rings is 2. The zero-order chi connectivity index (χ0) is 18.6. The number of carbonyl (C=O) groups is 1. The molecular formula is C21H23NO5. The molecule has 2 aliphatic heterocycles. The summed E-state index contributed by atoms with van der Waals surface area (Å²) in [4.78, 5) is 14.7. The number of phenols is 1. The molecule has 1 amide bonds. The third-order valence-corrected chi connectivity index (χ3v) is 4.89. The first-order valence-corrected chi connectivity index (χ1v) is 9.27. The van der Waals surface area contributed by atoms with Gasteiger partial charge in [0.05, 0.1) is 19.8 Å². The fraction of sp³-hybridized carbons (Fsp3) is 0.381. The molecule has 2 aliphatic rings. The molecule has 0 aromatic heterocycles. The zero-order valence-corrected chi connectivity index (χ0v) is 15.1. The highest BCUT2D eigenvalue weighted by atomic mass is 16.5. The fourth-order valence-corrected chi connectivity index (χ4v) is 3.38. The lowest BCUT2D eigenvalue weighted by molar-refractivity contribution is 0.0255. The Hall–Kier alpha value is -2.73. The summed E-state index contributed by atoms with van der Waals surface area (Å²) in [6.07, 6.45) is 1.96. The summed E-state index contributed by atoms with van der Waals surface area (Å²) in [5.41, 5.74) is 1.51. The number of ether oxygens (including phenoxy) is 3. The van der Waals surface area contributed by atoms with Gasteiger partial charge >= 0.3 is 0 Å². The number of aromatic hydroxyl groups is 1. The molecule has 2 aromatic rings. The van der Waals surface area contributed by atoms with E-state index >= 15 is 0 Å². The van der Waals surface area contributed by atoms with Crippen LogP contribution < -0.4 is 9.47 Å². The SMILES string of the molecule is O=C(c1ccc(OC2CCOCC2)cc1)N1CCOc2cc(O)ccc2C1. The van der Waals surface area contributed by atoms with Crippen LogP contribution in [0.3, 0.4) is 0 Å². The van der Waals surface area contributed by atoms with Crippen molar-refractivity contribution in [2.24, 2.45) is 0 Å². The van der Waals surface area contributed by atoms with Crippen LogP contribution in [0, 0.1) is 0 Å². The van der Waals surface area contributed by atoms with Crippen LogP contribution in [-0.2, 0) is 11.3 Å². The summed E-state index contributed by atoms with van der Waals surface area (Å²) in [6.45, 7) is 2.81. The predicted molar refractivity (Wildman–Crippen MR) is 99.3 cm³/mol. The molecule has 0 spiro atoms. The van der Waals surface area contributed by atoms with E-state index in [0.29, 0.717) is 31.0 Å². The van der Waals surface area contributed by atoms with E-state index in [1.807, 2.05) is 12.1 Å². The van der Waals surface area contributed by atoms with Crippen molar-refractivity contribution in [3.8, 4) is 17.2 Å². The van der Waals surface area contributed by atoms with Crippen LogP contribution >= 0.6 is 0 Å². The van der Waals surface area contributed by atoms with E-state index in [1.165, 1.54) is 0 Å². The van der Waals surface area contributed by atoms with E-state index in [9.17, 15) is 9.90 Å². The van der Waals surface area contributed by atoms with Crippen molar-refractivity contribution in [1.82, 2.24) is 4.90 Å². The van der Waals surface area contributed by atoms with E-state index in [2.05, 4.69) is 0 Å². The minimum absolute atomic E-state index is 0.0443. The molecule has 0 saturated carbocycles. The molecule has 1 N–H and O–H groups in total. The van der Waals surface area contributed by atoms with Crippen LogP contribution in [0.4, 0.5) is 0 Å². The summed E-state index contributed by atoms with van der Waals surface area (Å²) in [5.74, 6) is 1.52. The van der Waals surface area contributed by atoms with Gasteiger partial charge in [-0.05, 0) is 36.4 Å². The summed E-state index contributed by atoms with van der Waals surface area (Å²) in [6, 6.07) is 12.3. The lowest BCUT2D eigenvalue weighted by atomic mass is 10.1. The van der Waals surface area contributed by atoms with Gasteiger partial charge in [0.15, 0.2) is 0 Å². The third kappa shape index (κ3) is 4.17. The van der Waals surface area contributed by atoms with E-state index in [0.717, 1.165) is 37.4 Å². The Bertz CT molecular complexity index is 799. The number of hydrogen-bond acceptors (Lipinski definition) is 5. The Labute approximate surface area is 158 Å². The minimum Gasteiger partial charge on any atom is -0.508 e. The van der Waals surface area contributed by atoms with Crippen LogP contribution in [0.1, 0.15) is 28.8 Å². The Morgan fingerprint density at radius 2 is 1.85 bits per heavy atom. The van der Waals surface area contributed by atoms with Gasteiger partial charge in [0.1, 0.15) is 30.0 Å². The summed E-state index contributed by atoms with van der Waals surface area (Å²) < 4.78 is 17.0. The van der Waals surface area contributed by atoms with Gasteiger partial charge in [0.2, 0.25) is 0 Å². The van der Waals surface area contributed by atoms with Crippen molar-refractivity contribution in [1.29, 1.82) is 0 Å².